The van der Waals surface area contributed by atoms with E-state index >= 15 is 0 Å². The molecule has 1 N–H and O–H groups in total. The van der Waals surface area contributed by atoms with Crippen molar-refractivity contribution in [2.24, 2.45) is 0 Å². The number of methoxy groups -OCH3 is 2. The highest BCUT2D eigenvalue weighted by atomic mass is 16.5. The van der Waals surface area contributed by atoms with Gasteiger partial charge in [-0.3, -0.25) is 4.79 Å². The number of carbonyl (C=O) groups is 1. The molecule has 0 aliphatic heterocycles. The van der Waals surface area contributed by atoms with Crippen LogP contribution in [0.4, 0.5) is 0 Å². The van der Waals surface area contributed by atoms with E-state index in [-0.39, 0.29) is 17.6 Å². The molecule has 7 nitrogen and oxygen atoms in total. The lowest BCUT2D eigenvalue weighted by Gasteiger charge is -2.25. The van der Waals surface area contributed by atoms with Crippen LogP contribution < -0.4 is 14.8 Å². The number of carbonyl (C=O) groups excluding carboxylic acids is 1. The van der Waals surface area contributed by atoms with E-state index in [9.17, 15) is 4.79 Å². The summed E-state index contributed by atoms with van der Waals surface area (Å²) in [4.78, 5) is 14.9. The van der Waals surface area contributed by atoms with Crippen LogP contribution in [0.5, 0.6) is 11.5 Å². The summed E-state index contributed by atoms with van der Waals surface area (Å²) in [5, 5.41) is 7.40. The number of hydrogen-bond donors (Lipinski definition) is 1. The zero-order chi connectivity index (χ0) is 20.8. The molecular formula is C22H26N4O3. The standard InChI is InChI=1S/C22H26N4O3/c1-25(2)19(16-9-8-12-18(13-16)28-3)14-23-22(27)21-20(29-4)15-26(24-21)17-10-6-5-7-11-17/h5-13,15,19H,14H2,1-4H3,(H,23,27). The third-order valence-electron chi connectivity index (χ3n) is 4.69. The Balaban J connectivity index is 1.77. The molecule has 3 rings (SSSR count). The van der Waals surface area contributed by atoms with Crippen LogP contribution in [0.25, 0.3) is 5.69 Å². The zero-order valence-electron chi connectivity index (χ0n) is 17.1. The molecular weight excluding hydrogens is 368 g/mol. The molecule has 29 heavy (non-hydrogen) atoms. The summed E-state index contributed by atoms with van der Waals surface area (Å²) in [7, 11) is 7.12. The van der Waals surface area contributed by atoms with Crippen molar-refractivity contribution < 1.29 is 14.3 Å². The maximum atomic E-state index is 12.8. The lowest BCUT2D eigenvalue weighted by atomic mass is 10.1. The normalized spacial score (nSPS) is 11.9. The van der Waals surface area contributed by atoms with Gasteiger partial charge in [-0.15, -0.1) is 0 Å². The molecule has 1 unspecified atom stereocenters. The van der Waals surface area contributed by atoms with Gasteiger partial charge >= 0.3 is 0 Å². The van der Waals surface area contributed by atoms with E-state index in [1.807, 2.05) is 68.7 Å². The third-order valence-corrected chi connectivity index (χ3v) is 4.69. The number of rotatable bonds is 8. The van der Waals surface area contributed by atoms with Gasteiger partial charge in [-0.25, -0.2) is 4.68 Å². The minimum atomic E-state index is -0.286. The molecule has 3 aromatic rings. The molecule has 1 heterocycles. The highest BCUT2D eigenvalue weighted by Crippen LogP contribution is 2.23. The molecule has 1 atom stereocenters. The van der Waals surface area contributed by atoms with Gasteiger partial charge in [0.15, 0.2) is 11.4 Å². The fraction of sp³-hybridized carbons (Fsp3) is 0.273. The molecule has 0 fully saturated rings. The molecule has 0 radical (unpaired) electrons. The maximum Gasteiger partial charge on any atom is 0.275 e. The first-order valence-electron chi connectivity index (χ1n) is 9.31. The van der Waals surface area contributed by atoms with E-state index in [1.165, 1.54) is 7.11 Å². The second-order valence-electron chi connectivity index (χ2n) is 6.79. The van der Waals surface area contributed by atoms with Crippen LogP contribution in [0.1, 0.15) is 22.1 Å². The number of amides is 1. The summed E-state index contributed by atoms with van der Waals surface area (Å²) < 4.78 is 12.3. The molecule has 0 spiro atoms. The average molecular weight is 394 g/mol. The molecule has 0 saturated heterocycles. The largest absolute Gasteiger partial charge is 0.497 e. The predicted octanol–water partition coefficient (Wildman–Crippen LogP) is 2.92. The predicted molar refractivity (Wildman–Crippen MR) is 112 cm³/mol. The van der Waals surface area contributed by atoms with E-state index in [0.717, 1.165) is 17.0 Å². The molecule has 1 aromatic heterocycles. The molecule has 0 aliphatic rings. The topological polar surface area (TPSA) is 68.6 Å². The molecule has 1 amide bonds. The van der Waals surface area contributed by atoms with Crippen LogP contribution in [0.15, 0.2) is 60.8 Å². The van der Waals surface area contributed by atoms with Crippen LogP contribution in [-0.2, 0) is 0 Å². The van der Waals surface area contributed by atoms with Crippen LogP contribution >= 0.6 is 0 Å². The monoisotopic (exact) mass is 394 g/mol. The Morgan fingerprint density at radius 2 is 1.86 bits per heavy atom. The summed E-state index contributed by atoms with van der Waals surface area (Å²) in [5.74, 6) is 0.921. The van der Waals surface area contributed by atoms with Crippen molar-refractivity contribution in [1.82, 2.24) is 20.0 Å². The summed E-state index contributed by atoms with van der Waals surface area (Å²) >= 11 is 0. The van der Waals surface area contributed by atoms with Gasteiger partial charge in [0, 0.05) is 6.54 Å². The van der Waals surface area contributed by atoms with Crippen molar-refractivity contribution in [3.63, 3.8) is 0 Å². The molecule has 2 aromatic carbocycles. The second kappa shape index (κ2) is 9.25. The van der Waals surface area contributed by atoms with Crippen LogP contribution in [0.2, 0.25) is 0 Å². The Kier molecular flexibility index (Phi) is 6.51. The van der Waals surface area contributed by atoms with Gasteiger partial charge in [-0.2, -0.15) is 5.10 Å². The van der Waals surface area contributed by atoms with Crippen molar-refractivity contribution in [1.29, 1.82) is 0 Å². The van der Waals surface area contributed by atoms with Crippen molar-refractivity contribution in [2.75, 3.05) is 34.9 Å². The number of aromatic nitrogens is 2. The number of nitrogens with zero attached hydrogens (tertiary/aromatic N) is 3. The zero-order valence-corrected chi connectivity index (χ0v) is 17.1. The van der Waals surface area contributed by atoms with Gasteiger partial charge in [0.25, 0.3) is 5.91 Å². The quantitative estimate of drug-likeness (QED) is 0.636. The number of para-hydroxylation sites is 1. The Morgan fingerprint density at radius 3 is 2.52 bits per heavy atom. The molecule has 152 valence electrons. The first-order valence-corrected chi connectivity index (χ1v) is 9.31. The van der Waals surface area contributed by atoms with E-state index < -0.39 is 0 Å². The van der Waals surface area contributed by atoms with E-state index in [0.29, 0.717) is 12.3 Å². The molecule has 0 aliphatic carbocycles. The fourth-order valence-corrected chi connectivity index (χ4v) is 3.10. The molecule has 7 heteroatoms. The van der Waals surface area contributed by atoms with E-state index in [4.69, 9.17) is 9.47 Å². The lowest BCUT2D eigenvalue weighted by molar-refractivity contribution is 0.0933. The number of ether oxygens (including phenoxy) is 2. The highest BCUT2D eigenvalue weighted by molar-refractivity contribution is 5.95. The lowest BCUT2D eigenvalue weighted by Crippen LogP contribution is -2.35. The molecule has 0 bridgehead atoms. The fourth-order valence-electron chi connectivity index (χ4n) is 3.10. The van der Waals surface area contributed by atoms with Crippen molar-refractivity contribution in [3.05, 3.63) is 72.1 Å². The van der Waals surface area contributed by atoms with E-state index in [2.05, 4.69) is 15.3 Å². The van der Waals surface area contributed by atoms with E-state index in [1.54, 1.807) is 18.0 Å². The maximum absolute atomic E-state index is 12.8. The summed E-state index contributed by atoms with van der Waals surface area (Å²) in [5.41, 5.74) is 2.16. The first-order chi connectivity index (χ1) is 14.0. The Bertz CT molecular complexity index is 954. The number of likely N-dealkylation sites (N-methyl/N-ethyl adjacent to an activating group) is 1. The van der Waals surface area contributed by atoms with Crippen LogP contribution in [0.3, 0.4) is 0 Å². The minimum absolute atomic E-state index is 0.0174. The average Bonchev–Trinajstić information content (AvgIpc) is 3.19. The number of hydrogen-bond acceptors (Lipinski definition) is 5. The number of nitrogens with one attached hydrogen (secondary N) is 1. The Hall–Kier alpha value is -3.32. The SMILES string of the molecule is COc1cccc(C(CNC(=O)c2nn(-c3ccccc3)cc2OC)N(C)C)c1. The van der Waals surface area contributed by atoms with Crippen LogP contribution in [-0.4, -0.2) is 55.4 Å². The van der Waals surface area contributed by atoms with Crippen molar-refractivity contribution in [2.45, 2.75) is 6.04 Å². The third kappa shape index (κ3) is 4.75. The van der Waals surface area contributed by atoms with Gasteiger partial charge in [-0.1, -0.05) is 30.3 Å². The van der Waals surface area contributed by atoms with Gasteiger partial charge < -0.3 is 19.7 Å². The molecule has 0 saturated carbocycles. The van der Waals surface area contributed by atoms with Gasteiger partial charge in [0.05, 0.1) is 32.1 Å². The highest BCUT2D eigenvalue weighted by Gasteiger charge is 2.21. The van der Waals surface area contributed by atoms with Gasteiger partial charge in [0.1, 0.15) is 5.75 Å². The summed E-state index contributed by atoms with van der Waals surface area (Å²) in [6.45, 7) is 0.417. The van der Waals surface area contributed by atoms with Crippen LogP contribution in [0, 0.1) is 0 Å². The first kappa shape index (κ1) is 20.4. The Morgan fingerprint density at radius 1 is 1.10 bits per heavy atom. The smallest absolute Gasteiger partial charge is 0.275 e. The minimum Gasteiger partial charge on any atom is -0.497 e. The Labute approximate surface area is 170 Å². The van der Waals surface area contributed by atoms with Gasteiger partial charge in [0.2, 0.25) is 0 Å². The summed E-state index contributed by atoms with van der Waals surface area (Å²) in [6, 6.07) is 17.4. The summed E-state index contributed by atoms with van der Waals surface area (Å²) in [6.07, 6.45) is 1.70. The van der Waals surface area contributed by atoms with Gasteiger partial charge in [-0.05, 0) is 43.9 Å². The van der Waals surface area contributed by atoms with Crippen molar-refractivity contribution >= 4 is 5.91 Å². The number of benzene rings is 2. The van der Waals surface area contributed by atoms with Crippen molar-refractivity contribution in [3.8, 4) is 17.2 Å². The second-order valence-corrected chi connectivity index (χ2v) is 6.79.